The molecule has 2 amide bonds. The molecule has 0 spiro atoms. The molecule has 2 aromatic rings. The number of benzene rings is 1. The Morgan fingerprint density at radius 2 is 2.04 bits per heavy atom. The van der Waals surface area contributed by atoms with Crippen molar-refractivity contribution in [3.8, 4) is 0 Å². The second-order valence-electron chi connectivity index (χ2n) is 5.64. The predicted molar refractivity (Wildman–Crippen MR) is 92.4 cm³/mol. The van der Waals surface area contributed by atoms with Gasteiger partial charge in [0.05, 0.1) is 18.1 Å². The highest BCUT2D eigenvalue weighted by Gasteiger charge is 2.18. The first kappa shape index (κ1) is 19.9. The van der Waals surface area contributed by atoms with Crippen LogP contribution in [0, 0.1) is 11.7 Å². The van der Waals surface area contributed by atoms with Gasteiger partial charge in [-0.3, -0.25) is 14.9 Å². The molecule has 1 atom stereocenters. The van der Waals surface area contributed by atoms with Crippen LogP contribution in [0.1, 0.15) is 13.8 Å². The van der Waals surface area contributed by atoms with Crippen LogP contribution in [0.2, 0.25) is 0 Å². The van der Waals surface area contributed by atoms with E-state index in [0.29, 0.717) is 5.52 Å². The Morgan fingerprint density at radius 1 is 1.38 bits per heavy atom. The van der Waals surface area contributed by atoms with Crippen molar-refractivity contribution in [2.24, 2.45) is 18.7 Å². The van der Waals surface area contributed by atoms with Crippen molar-refractivity contribution in [1.29, 1.82) is 0 Å². The van der Waals surface area contributed by atoms with E-state index in [4.69, 9.17) is 5.73 Å². The average molecular weight is 358 g/mol. The summed E-state index contributed by atoms with van der Waals surface area (Å²) in [6.07, 6.45) is 0. The Balaban J connectivity index is 0.00000288. The number of fused-ring (bicyclic) bond motifs is 1. The molecule has 0 radical (unpaired) electrons. The number of nitrogens with two attached hydrogens (primary N) is 1. The number of hydrogen-bond donors (Lipinski definition) is 3. The van der Waals surface area contributed by atoms with Crippen LogP contribution in [0.3, 0.4) is 0 Å². The van der Waals surface area contributed by atoms with Crippen LogP contribution in [0.4, 0.5) is 10.3 Å². The van der Waals surface area contributed by atoms with Gasteiger partial charge in [-0.1, -0.05) is 19.9 Å². The van der Waals surface area contributed by atoms with Crippen molar-refractivity contribution in [3.05, 3.63) is 24.0 Å². The number of nitrogens with one attached hydrogen (secondary N) is 2. The molecule has 1 aromatic heterocycles. The molecule has 0 saturated carbocycles. The number of amides is 2. The van der Waals surface area contributed by atoms with Crippen LogP contribution < -0.4 is 16.4 Å². The first-order valence-corrected chi connectivity index (χ1v) is 7.25. The second kappa shape index (κ2) is 8.07. The van der Waals surface area contributed by atoms with Crippen LogP contribution in [-0.4, -0.2) is 34.0 Å². The molecule has 24 heavy (non-hydrogen) atoms. The third-order valence-electron chi connectivity index (χ3n) is 3.56. The van der Waals surface area contributed by atoms with Gasteiger partial charge in [0.1, 0.15) is 5.52 Å². The van der Waals surface area contributed by atoms with Crippen molar-refractivity contribution >= 4 is 41.2 Å². The van der Waals surface area contributed by atoms with E-state index in [1.807, 2.05) is 13.8 Å². The number of nitrogens with zero attached hydrogens (tertiary/aromatic N) is 2. The summed E-state index contributed by atoms with van der Waals surface area (Å²) < 4.78 is 15.2. The molecule has 9 heteroatoms. The average Bonchev–Trinajstić information content (AvgIpc) is 2.82. The minimum atomic E-state index is -0.673. The van der Waals surface area contributed by atoms with Gasteiger partial charge < -0.3 is 15.6 Å². The molecular formula is C15H21ClFN5O2. The van der Waals surface area contributed by atoms with E-state index < -0.39 is 23.7 Å². The van der Waals surface area contributed by atoms with Gasteiger partial charge >= 0.3 is 0 Å². The number of aromatic nitrogens is 2. The smallest absolute Gasteiger partial charge is 0.246 e. The number of halogens is 2. The Hall–Kier alpha value is -2.19. The molecule has 132 valence electrons. The molecule has 0 fully saturated rings. The molecule has 1 heterocycles. The molecule has 0 unspecified atom stereocenters. The first-order chi connectivity index (χ1) is 10.8. The third-order valence-corrected chi connectivity index (χ3v) is 3.56. The summed E-state index contributed by atoms with van der Waals surface area (Å²) in [5.74, 6) is -1.15. The highest BCUT2D eigenvalue weighted by molar-refractivity contribution is 5.95. The quantitative estimate of drug-likeness (QED) is 0.747. The van der Waals surface area contributed by atoms with Crippen molar-refractivity contribution < 1.29 is 14.0 Å². The second-order valence-corrected chi connectivity index (χ2v) is 5.64. The standard InChI is InChI=1S/C15H20FN5O2.ClH/c1-8(2)12(17)14(23)18-7-11(22)19-15-20-13-9(16)5-4-6-10(13)21(15)3;/h4-6,8,12H,7,17H2,1-3H3,(H,18,23)(H,19,20,22);1H/t12-;/m0./s1. The zero-order chi connectivity index (χ0) is 17.1. The number of rotatable bonds is 5. The molecule has 0 saturated heterocycles. The van der Waals surface area contributed by atoms with E-state index in [9.17, 15) is 14.0 Å². The Labute approximate surface area is 145 Å². The van der Waals surface area contributed by atoms with E-state index in [1.54, 1.807) is 23.7 Å². The topological polar surface area (TPSA) is 102 Å². The lowest BCUT2D eigenvalue weighted by Gasteiger charge is -2.15. The number of carbonyl (C=O) groups excluding carboxylic acids is 2. The number of anilines is 1. The zero-order valence-corrected chi connectivity index (χ0v) is 14.5. The summed E-state index contributed by atoms with van der Waals surface area (Å²) in [6, 6.07) is 3.89. The maximum Gasteiger partial charge on any atom is 0.246 e. The Bertz CT molecular complexity index is 747. The van der Waals surface area contributed by atoms with E-state index in [1.165, 1.54) is 6.07 Å². The lowest BCUT2D eigenvalue weighted by molar-refractivity contribution is -0.125. The molecule has 1 aromatic carbocycles. The molecule has 7 nitrogen and oxygen atoms in total. The maximum absolute atomic E-state index is 13.7. The van der Waals surface area contributed by atoms with Crippen LogP contribution >= 0.6 is 12.4 Å². The SMILES string of the molecule is CC(C)[C@H](N)C(=O)NCC(=O)Nc1nc2c(F)cccc2n1C.Cl. The normalized spacial score (nSPS) is 11.9. The van der Waals surface area contributed by atoms with Gasteiger partial charge in [0.15, 0.2) is 5.82 Å². The molecule has 0 aliphatic heterocycles. The van der Waals surface area contributed by atoms with Crippen LogP contribution in [0.25, 0.3) is 11.0 Å². The van der Waals surface area contributed by atoms with Crippen molar-refractivity contribution in [1.82, 2.24) is 14.9 Å². The monoisotopic (exact) mass is 357 g/mol. The fraction of sp³-hybridized carbons (Fsp3) is 0.400. The van der Waals surface area contributed by atoms with E-state index in [0.717, 1.165) is 0 Å². The van der Waals surface area contributed by atoms with E-state index in [-0.39, 0.29) is 36.3 Å². The highest BCUT2D eigenvalue weighted by Crippen LogP contribution is 2.20. The summed E-state index contributed by atoms with van der Waals surface area (Å²) in [7, 11) is 1.66. The van der Waals surface area contributed by atoms with Crippen LogP contribution in [0.15, 0.2) is 18.2 Å². The van der Waals surface area contributed by atoms with Crippen LogP contribution in [-0.2, 0) is 16.6 Å². The van der Waals surface area contributed by atoms with E-state index >= 15 is 0 Å². The number of para-hydroxylation sites is 1. The molecule has 0 aliphatic rings. The molecule has 4 N–H and O–H groups in total. The Kier molecular flexibility index (Phi) is 6.68. The summed E-state index contributed by atoms with van der Waals surface area (Å²) in [6.45, 7) is 3.40. The predicted octanol–water partition coefficient (Wildman–Crippen LogP) is 1.17. The fourth-order valence-electron chi connectivity index (χ4n) is 2.05. The lowest BCUT2D eigenvalue weighted by Crippen LogP contribution is -2.46. The highest BCUT2D eigenvalue weighted by atomic mass is 35.5. The summed E-state index contributed by atoms with van der Waals surface area (Å²) in [5, 5.41) is 5.00. The lowest BCUT2D eigenvalue weighted by atomic mass is 10.1. The molecule has 0 bridgehead atoms. The van der Waals surface area contributed by atoms with Crippen molar-refractivity contribution in [2.45, 2.75) is 19.9 Å². The van der Waals surface area contributed by atoms with Gasteiger partial charge in [-0.2, -0.15) is 0 Å². The van der Waals surface area contributed by atoms with Gasteiger partial charge in [-0.15, -0.1) is 12.4 Å². The van der Waals surface area contributed by atoms with Gasteiger partial charge in [0.25, 0.3) is 0 Å². The number of aryl methyl sites for hydroxylation is 1. The minimum absolute atomic E-state index is 0. The Morgan fingerprint density at radius 3 is 2.62 bits per heavy atom. The summed E-state index contributed by atoms with van der Waals surface area (Å²) in [5.41, 5.74) is 6.43. The van der Waals surface area contributed by atoms with Gasteiger partial charge in [0, 0.05) is 7.05 Å². The summed E-state index contributed by atoms with van der Waals surface area (Å²) in [4.78, 5) is 27.7. The first-order valence-electron chi connectivity index (χ1n) is 7.25. The number of carbonyl (C=O) groups is 2. The zero-order valence-electron chi connectivity index (χ0n) is 13.7. The van der Waals surface area contributed by atoms with Crippen molar-refractivity contribution in [2.75, 3.05) is 11.9 Å². The van der Waals surface area contributed by atoms with Gasteiger partial charge in [0.2, 0.25) is 17.8 Å². The minimum Gasteiger partial charge on any atom is -0.346 e. The van der Waals surface area contributed by atoms with Crippen LogP contribution in [0.5, 0.6) is 0 Å². The third kappa shape index (κ3) is 4.21. The van der Waals surface area contributed by atoms with Gasteiger partial charge in [-0.05, 0) is 18.1 Å². The molecular weight excluding hydrogens is 337 g/mol. The number of hydrogen-bond acceptors (Lipinski definition) is 4. The molecule has 2 rings (SSSR count). The van der Waals surface area contributed by atoms with E-state index in [2.05, 4.69) is 15.6 Å². The maximum atomic E-state index is 13.7. The largest absolute Gasteiger partial charge is 0.346 e. The van der Waals surface area contributed by atoms with Gasteiger partial charge in [-0.25, -0.2) is 9.37 Å². The summed E-state index contributed by atoms with van der Waals surface area (Å²) >= 11 is 0. The molecule has 0 aliphatic carbocycles. The fourth-order valence-corrected chi connectivity index (χ4v) is 2.05. The van der Waals surface area contributed by atoms with Crippen molar-refractivity contribution in [3.63, 3.8) is 0 Å². The number of imidazole rings is 1.